The molecule has 0 aliphatic carbocycles. The second-order valence-corrected chi connectivity index (χ2v) is 4.05. The largest absolute Gasteiger partial charge is 0.478 e. The fraction of sp³-hybridized carbons (Fsp3) is 0.0909. The number of hydrogen-bond donors (Lipinski definition) is 1. The molecule has 100 valence electrons. The number of hydrogen-bond acceptors (Lipinski definition) is 2. The van der Waals surface area contributed by atoms with Crippen LogP contribution in [-0.4, -0.2) is 20.5 Å². The molecule has 0 radical (unpaired) electrons. The van der Waals surface area contributed by atoms with Crippen molar-refractivity contribution in [2.75, 3.05) is 0 Å². The predicted molar refractivity (Wildman–Crippen MR) is 61.9 cm³/mol. The maximum atomic E-state index is 12.6. The highest BCUT2D eigenvalue weighted by atomic mass is 35.5. The monoisotopic (exact) mass is 290 g/mol. The molecule has 8 heteroatoms. The number of aliphatic carboxylic acids is 1. The second-order valence-electron chi connectivity index (χ2n) is 3.64. The van der Waals surface area contributed by atoms with Crippen molar-refractivity contribution in [2.45, 2.75) is 6.18 Å². The maximum absolute atomic E-state index is 12.6. The molecule has 0 saturated heterocycles. The third-order valence-electron chi connectivity index (χ3n) is 2.25. The van der Waals surface area contributed by atoms with Gasteiger partial charge in [0.1, 0.15) is 0 Å². The van der Waals surface area contributed by atoms with Gasteiger partial charge in [0, 0.05) is 18.5 Å². The first kappa shape index (κ1) is 13.4. The Hall–Kier alpha value is -2.02. The summed E-state index contributed by atoms with van der Waals surface area (Å²) >= 11 is 5.72. The molecule has 2 aromatic rings. The zero-order chi connectivity index (χ0) is 14.2. The highest BCUT2D eigenvalue weighted by Crippen LogP contribution is 2.32. The van der Waals surface area contributed by atoms with Crippen molar-refractivity contribution in [1.29, 1.82) is 0 Å². The van der Waals surface area contributed by atoms with Crippen LogP contribution in [0.15, 0.2) is 24.5 Å². The van der Waals surface area contributed by atoms with Crippen molar-refractivity contribution in [3.8, 4) is 0 Å². The third kappa shape index (κ3) is 2.87. The van der Waals surface area contributed by atoms with Gasteiger partial charge < -0.3 is 9.51 Å². The average molecular weight is 291 g/mol. The minimum atomic E-state index is -4.51. The van der Waals surface area contributed by atoms with Crippen molar-refractivity contribution >= 4 is 29.3 Å². The Morgan fingerprint density at radius 2 is 2.11 bits per heavy atom. The molecule has 1 N–H and O–H groups in total. The van der Waals surface area contributed by atoms with Crippen molar-refractivity contribution in [3.05, 3.63) is 40.8 Å². The number of halogens is 4. The van der Waals surface area contributed by atoms with E-state index in [1.165, 1.54) is 12.3 Å². The summed E-state index contributed by atoms with van der Waals surface area (Å²) < 4.78 is 38.8. The SMILES string of the molecule is O=C(O)/C=C/c1cn2cc(C(F)(F)F)cc(Cl)c2n1. The lowest BCUT2D eigenvalue weighted by Gasteiger charge is -2.07. The highest BCUT2D eigenvalue weighted by molar-refractivity contribution is 6.33. The van der Waals surface area contributed by atoms with Crippen molar-refractivity contribution in [3.63, 3.8) is 0 Å². The molecular weight excluding hydrogens is 285 g/mol. The van der Waals surface area contributed by atoms with E-state index in [0.717, 1.165) is 22.7 Å². The molecule has 0 aliphatic rings. The Morgan fingerprint density at radius 1 is 1.42 bits per heavy atom. The van der Waals surface area contributed by atoms with Crippen LogP contribution in [0.25, 0.3) is 11.7 Å². The van der Waals surface area contributed by atoms with E-state index in [1.807, 2.05) is 0 Å². The lowest BCUT2D eigenvalue weighted by atomic mass is 10.3. The molecule has 0 spiro atoms. The Morgan fingerprint density at radius 3 is 2.68 bits per heavy atom. The van der Waals surface area contributed by atoms with Crippen LogP contribution in [0, 0.1) is 0 Å². The maximum Gasteiger partial charge on any atom is 0.417 e. The molecule has 0 fully saturated rings. The molecule has 0 unspecified atom stereocenters. The second kappa shape index (κ2) is 4.58. The van der Waals surface area contributed by atoms with E-state index in [1.54, 1.807) is 0 Å². The number of alkyl halides is 3. The Labute approximate surface area is 109 Å². The highest BCUT2D eigenvalue weighted by Gasteiger charge is 2.31. The van der Waals surface area contributed by atoms with Crippen LogP contribution in [0.4, 0.5) is 13.2 Å². The summed E-state index contributed by atoms with van der Waals surface area (Å²) in [6.07, 6.45) is -0.416. The number of rotatable bonds is 2. The first-order valence-corrected chi connectivity index (χ1v) is 5.31. The van der Waals surface area contributed by atoms with Crippen molar-refractivity contribution in [2.24, 2.45) is 0 Å². The zero-order valence-electron chi connectivity index (χ0n) is 9.15. The smallest absolute Gasteiger partial charge is 0.417 e. The summed E-state index contributed by atoms with van der Waals surface area (Å²) in [5.74, 6) is -1.18. The Balaban J connectivity index is 2.54. The number of nitrogens with zero attached hydrogens (tertiary/aromatic N) is 2. The number of carboxylic acid groups (broad SMARTS) is 1. The van der Waals surface area contributed by atoms with Gasteiger partial charge in [-0.3, -0.25) is 0 Å². The quantitative estimate of drug-likeness (QED) is 0.865. The predicted octanol–water partition coefficient (Wildman–Crippen LogP) is 3.10. The van der Waals surface area contributed by atoms with Gasteiger partial charge in [0.25, 0.3) is 0 Å². The van der Waals surface area contributed by atoms with E-state index in [9.17, 15) is 18.0 Å². The van der Waals surface area contributed by atoms with E-state index in [2.05, 4.69) is 4.98 Å². The molecule has 0 saturated carbocycles. The van der Waals surface area contributed by atoms with Gasteiger partial charge in [0.15, 0.2) is 5.65 Å². The summed E-state index contributed by atoms with van der Waals surface area (Å²) in [5, 5.41) is 8.30. The van der Waals surface area contributed by atoms with Gasteiger partial charge in [-0.15, -0.1) is 0 Å². The van der Waals surface area contributed by atoms with Crippen LogP contribution in [-0.2, 0) is 11.0 Å². The summed E-state index contributed by atoms with van der Waals surface area (Å²) in [6.45, 7) is 0. The van der Waals surface area contributed by atoms with Crippen LogP contribution in [0.1, 0.15) is 11.3 Å². The summed E-state index contributed by atoms with van der Waals surface area (Å²) in [7, 11) is 0. The van der Waals surface area contributed by atoms with Crippen molar-refractivity contribution < 1.29 is 23.1 Å². The van der Waals surface area contributed by atoms with E-state index in [4.69, 9.17) is 16.7 Å². The fourth-order valence-electron chi connectivity index (χ4n) is 1.47. The van der Waals surface area contributed by atoms with Gasteiger partial charge in [-0.05, 0) is 12.1 Å². The molecule has 0 bridgehead atoms. The summed E-state index contributed by atoms with van der Waals surface area (Å²) in [6, 6.07) is 0.772. The van der Waals surface area contributed by atoms with Crippen LogP contribution >= 0.6 is 11.6 Å². The van der Waals surface area contributed by atoms with Gasteiger partial charge in [-0.25, -0.2) is 9.78 Å². The van der Waals surface area contributed by atoms with Crippen LogP contribution in [0.2, 0.25) is 5.02 Å². The lowest BCUT2D eigenvalue weighted by Crippen LogP contribution is -2.06. The van der Waals surface area contributed by atoms with Gasteiger partial charge in [-0.1, -0.05) is 11.6 Å². The van der Waals surface area contributed by atoms with Crippen LogP contribution in [0.3, 0.4) is 0 Å². The molecule has 0 aliphatic heterocycles. The molecule has 0 atom stereocenters. The molecule has 4 nitrogen and oxygen atoms in total. The van der Waals surface area contributed by atoms with Gasteiger partial charge in [0.05, 0.1) is 16.3 Å². The Bertz CT molecular complexity index is 676. The zero-order valence-corrected chi connectivity index (χ0v) is 9.90. The summed E-state index contributed by atoms with van der Waals surface area (Å²) in [4.78, 5) is 14.3. The van der Waals surface area contributed by atoms with Gasteiger partial charge in [0.2, 0.25) is 0 Å². The van der Waals surface area contributed by atoms with Gasteiger partial charge >= 0.3 is 12.1 Å². The number of fused-ring (bicyclic) bond motifs is 1. The summed E-state index contributed by atoms with van der Waals surface area (Å²) in [5.41, 5.74) is -0.584. The molecule has 2 aromatic heterocycles. The van der Waals surface area contributed by atoms with E-state index in [0.29, 0.717) is 0 Å². The standard InChI is InChI=1S/C11H6ClF3N2O2/c12-8-3-6(11(13,14)15)4-17-5-7(16-10(8)17)1-2-9(18)19/h1-5H,(H,18,19)/b2-1+. The average Bonchev–Trinajstić information content (AvgIpc) is 2.68. The lowest BCUT2D eigenvalue weighted by molar-refractivity contribution is -0.138. The third-order valence-corrected chi connectivity index (χ3v) is 2.53. The number of imidazole rings is 1. The molecule has 0 amide bonds. The van der Waals surface area contributed by atoms with Crippen LogP contribution < -0.4 is 0 Å². The fourth-order valence-corrected chi connectivity index (χ4v) is 1.73. The normalized spacial score (nSPS) is 12.4. The van der Waals surface area contributed by atoms with E-state index < -0.39 is 17.7 Å². The minimum absolute atomic E-state index is 0.125. The Kier molecular flexibility index (Phi) is 3.23. The number of pyridine rings is 1. The number of aromatic nitrogens is 2. The van der Waals surface area contributed by atoms with E-state index in [-0.39, 0.29) is 16.4 Å². The molecule has 19 heavy (non-hydrogen) atoms. The van der Waals surface area contributed by atoms with E-state index >= 15 is 0 Å². The molecule has 2 rings (SSSR count). The molecule has 2 heterocycles. The minimum Gasteiger partial charge on any atom is -0.478 e. The van der Waals surface area contributed by atoms with Crippen molar-refractivity contribution in [1.82, 2.24) is 9.38 Å². The topological polar surface area (TPSA) is 54.6 Å². The first-order chi connectivity index (χ1) is 8.77. The van der Waals surface area contributed by atoms with Gasteiger partial charge in [-0.2, -0.15) is 13.2 Å². The first-order valence-electron chi connectivity index (χ1n) is 4.94. The number of carbonyl (C=O) groups is 1. The van der Waals surface area contributed by atoms with Crippen LogP contribution in [0.5, 0.6) is 0 Å². The molecular formula is C11H6ClF3N2O2. The number of carboxylic acids is 1. The molecule has 0 aromatic carbocycles.